The Labute approximate surface area is 152 Å². The number of halogens is 1. The highest BCUT2D eigenvalue weighted by Gasteiger charge is 2.44. The lowest BCUT2D eigenvalue weighted by Crippen LogP contribution is -2.56. The molecule has 0 spiro atoms. The molecule has 0 saturated carbocycles. The molecule has 9 heteroatoms. The first-order chi connectivity index (χ1) is 11.7. The highest BCUT2D eigenvalue weighted by molar-refractivity contribution is 7.92. The number of ether oxygens (including phenoxy) is 1. The molecule has 0 N–H and O–H groups in total. The minimum absolute atomic E-state index is 0.0558. The van der Waals surface area contributed by atoms with Crippen molar-refractivity contribution in [2.75, 3.05) is 20.2 Å². The molecule has 0 bridgehead atoms. The van der Waals surface area contributed by atoms with Crippen molar-refractivity contribution >= 4 is 31.5 Å². The molecule has 0 amide bonds. The number of rotatable bonds is 5. The van der Waals surface area contributed by atoms with Gasteiger partial charge in [-0.05, 0) is 42.5 Å². The molecule has 0 atom stereocenters. The largest absolute Gasteiger partial charge is 0.497 e. The van der Waals surface area contributed by atoms with E-state index in [0.29, 0.717) is 10.8 Å². The topological polar surface area (TPSA) is 80.8 Å². The van der Waals surface area contributed by atoms with E-state index in [1.165, 1.54) is 31.4 Å². The summed E-state index contributed by atoms with van der Waals surface area (Å²) in [6, 6.07) is 11.9. The first kappa shape index (κ1) is 18.2. The lowest BCUT2D eigenvalue weighted by atomic mass is 10.3. The second kappa shape index (κ2) is 6.60. The van der Waals surface area contributed by atoms with Gasteiger partial charge in [0, 0.05) is 18.1 Å². The Kier molecular flexibility index (Phi) is 4.80. The summed E-state index contributed by atoms with van der Waals surface area (Å²) in [4.78, 5) is 0.207. The molecule has 1 heterocycles. The minimum Gasteiger partial charge on any atom is -0.497 e. The summed E-state index contributed by atoms with van der Waals surface area (Å²) in [5, 5.41) is -0.459. The Bertz CT molecular complexity index is 981. The maximum absolute atomic E-state index is 12.6. The summed E-state index contributed by atoms with van der Waals surface area (Å²) in [7, 11) is -5.85. The number of methoxy groups -OCH3 is 1. The number of sulfone groups is 1. The molecule has 6 nitrogen and oxygen atoms in total. The maximum atomic E-state index is 12.6. The molecular weight excluding hydrogens is 386 g/mol. The number of sulfonamides is 1. The average Bonchev–Trinajstić information content (AvgIpc) is 2.53. The van der Waals surface area contributed by atoms with Crippen LogP contribution < -0.4 is 4.74 Å². The predicted octanol–water partition coefficient (Wildman–Crippen LogP) is 2.20. The first-order valence-corrected chi connectivity index (χ1v) is 10.8. The molecule has 1 saturated heterocycles. The second-order valence-electron chi connectivity index (χ2n) is 5.62. The Morgan fingerprint density at radius 2 is 1.64 bits per heavy atom. The zero-order chi connectivity index (χ0) is 18.2. The third kappa shape index (κ3) is 3.39. The summed E-state index contributed by atoms with van der Waals surface area (Å²) >= 11 is 5.83. The fourth-order valence-electron chi connectivity index (χ4n) is 2.53. The van der Waals surface area contributed by atoms with Crippen LogP contribution in [0.4, 0.5) is 0 Å². The normalized spacial score (nSPS) is 16.4. The summed E-state index contributed by atoms with van der Waals surface area (Å²) in [6.07, 6.45) is 0. The van der Waals surface area contributed by atoms with Gasteiger partial charge in [0.25, 0.3) is 0 Å². The van der Waals surface area contributed by atoms with Crippen LogP contribution in [-0.2, 0) is 19.9 Å². The second-order valence-corrected chi connectivity index (χ2v) is 10.2. The molecule has 0 radical (unpaired) electrons. The molecule has 0 aliphatic carbocycles. The molecule has 0 unspecified atom stereocenters. The van der Waals surface area contributed by atoms with Gasteiger partial charge >= 0.3 is 0 Å². The standard InChI is InChI=1S/C16H16ClNO5S2/c1-23-13-5-7-14(8-6-13)24(19,20)16-10-18(11-16)25(21,22)15-4-2-3-12(17)9-15/h2-9,16H,10-11H2,1H3. The van der Waals surface area contributed by atoms with Gasteiger partial charge in [0.2, 0.25) is 10.0 Å². The maximum Gasteiger partial charge on any atom is 0.243 e. The number of nitrogens with zero attached hydrogens (tertiary/aromatic N) is 1. The van der Waals surface area contributed by atoms with Crippen LogP contribution in [0.1, 0.15) is 0 Å². The molecular formula is C16H16ClNO5S2. The third-order valence-electron chi connectivity index (χ3n) is 4.08. The Morgan fingerprint density at radius 3 is 2.20 bits per heavy atom. The van der Waals surface area contributed by atoms with E-state index >= 15 is 0 Å². The zero-order valence-corrected chi connectivity index (χ0v) is 15.7. The van der Waals surface area contributed by atoms with E-state index in [1.54, 1.807) is 24.3 Å². The van der Waals surface area contributed by atoms with Gasteiger partial charge < -0.3 is 4.74 Å². The molecule has 134 valence electrons. The van der Waals surface area contributed by atoms with Gasteiger partial charge in [0.15, 0.2) is 9.84 Å². The van der Waals surface area contributed by atoms with E-state index in [2.05, 4.69) is 0 Å². The van der Waals surface area contributed by atoms with Crippen LogP contribution in [0, 0.1) is 0 Å². The van der Waals surface area contributed by atoms with Gasteiger partial charge in [-0.15, -0.1) is 0 Å². The molecule has 1 fully saturated rings. The van der Waals surface area contributed by atoms with Crippen LogP contribution in [0.15, 0.2) is 58.3 Å². The van der Waals surface area contributed by atoms with Gasteiger partial charge in [0.05, 0.1) is 22.2 Å². The van der Waals surface area contributed by atoms with Crippen molar-refractivity contribution in [1.29, 1.82) is 0 Å². The molecule has 1 aliphatic rings. The zero-order valence-electron chi connectivity index (χ0n) is 13.3. The van der Waals surface area contributed by atoms with E-state index in [4.69, 9.17) is 16.3 Å². The molecule has 1 aliphatic heterocycles. The number of hydrogen-bond donors (Lipinski definition) is 0. The first-order valence-electron chi connectivity index (χ1n) is 7.39. The van der Waals surface area contributed by atoms with Crippen LogP contribution in [0.25, 0.3) is 0 Å². The third-order valence-corrected chi connectivity index (χ3v) is 8.24. The van der Waals surface area contributed by atoms with Gasteiger partial charge in [-0.2, -0.15) is 4.31 Å². The minimum atomic E-state index is -3.75. The molecule has 3 rings (SSSR count). The van der Waals surface area contributed by atoms with Crippen molar-refractivity contribution in [2.24, 2.45) is 0 Å². The van der Waals surface area contributed by atoms with Gasteiger partial charge in [-0.25, -0.2) is 16.8 Å². The Hall–Kier alpha value is -1.61. The van der Waals surface area contributed by atoms with Crippen LogP contribution >= 0.6 is 11.6 Å². The van der Waals surface area contributed by atoms with Crippen LogP contribution in [0.2, 0.25) is 5.02 Å². The van der Waals surface area contributed by atoms with Gasteiger partial charge in [-0.3, -0.25) is 0 Å². The number of benzene rings is 2. The van der Waals surface area contributed by atoms with Crippen molar-refractivity contribution in [2.45, 2.75) is 15.0 Å². The molecule has 2 aromatic rings. The van der Waals surface area contributed by atoms with E-state index in [0.717, 1.165) is 4.31 Å². The van der Waals surface area contributed by atoms with Crippen molar-refractivity contribution in [3.8, 4) is 5.75 Å². The van der Waals surface area contributed by atoms with Crippen LogP contribution in [-0.4, -0.2) is 46.6 Å². The summed E-state index contributed by atoms with van der Waals surface area (Å²) < 4.78 is 56.4. The van der Waals surface area contributed by atoms with Crippen molar-refractivity contribution in [3.05, 3.63) is 53.6 Å². The van der Waals surface area contributed by atoms with Crippen molar-refractivity contribution in [1.82, 2.24) is 4.31 Å². The highest BCUT2D eigenvalue weighted by Crippen LogP contribution is 2.30. The van der Waals surface area contributed by atoms with E-state index in [1.807, 2.05) is 0 Å². The van der Waals surface area contributed by atoms with Crippen molar-refractivity contribution in [3.63, 3.8) is 0 Å². The van der Waals surface area contributed by atoms with Crippen LogP contribution in [0.3, 0.4) is 0 Å². The predicted molar refractivity (Wildman–Crippen MR) is 94.2 cm³/mol. The molecule has 25 heavy (non-hydrogen) atoms. The van der Waals surface area contributed by atoms with Crippen molar-refractivity contribution < 1.29 is 21.6 Å². The fraction of sp³-hybridized carbons (Fsp3) is 0.250. The van der Waals surface area contributed by atoms with E-state index < -0.39 is 25.1 Å². The smallest absolute Gasteiger partial charge is 0.243 e. The quantitative estimate of drug-likeness (QED) is 0.767. The van der Waals surface area contributed by atoms with E-state index in [9.17, 15) is 16.8 Å². The van der Waals surface area contributed by atoms with Gasteiger partial charge in [0.1, 0.15) is 5.75 Å². The Balaban J connectivity index is 1.76. The summed E-state index contributed by atoms with van der Waals surface area (Å²) in [6.45, 7) is -0.160. The molecule has 2 aromatic carbocycles. The highest BCUT2D eigenvalue weighted by atomic mass is 35.5. The monoisotopic (exact) mass is 401 g/mol. The molecule has 0 aromatic heterocycles. The summed E-state index contributed by atoms with van der Waals surface area (Å²) in [5.41, 5.74) is 0. The van der Waals surface area contributed by atoms with E-state index in [-0.39, 0.29) is 22.9 Å². The lowest BCUT2D eigenvalue weighted by molar-refractivity contribution is 0.309. The fourth-order valence-corrected chi connectivity index (χ4v) is 6.20. The van der Waals surface area contributed by atoms with Gasteiger partial charge in [-0.1, -0.05) is 17.7 Å². The SMILES string of the molecule is COc1ccc(S(=O)(=O)C2CN(S(=O)(=O)c3cccc(Cl)c3)C2)cc1. The average molecular weight is 402 g/mol. The lowest BCUT2D eigenvalue weighted by Gasteiger charge is -2.37. The number of hydrogen-bond acceptors (Lipinski definition) is 5. The van der Waals surface area contributed by atoms with Crippen LogP contribution in [0.5, 0.6) is 5.75 Å². The summed E-state index contributed by atoms with van der Waals surface area (Å²) in [5.74, 6) is 0.553. The Morgan fingerprint density at radius 1 is 1.00 bits per heavy atom.